The topological polar surface area (TPSA) is 102 Å². The van der Waals surface area contributed by atoms with Crippen molar-refractivity contribution in [2.24, 2.45) is 0 Å². The summed E-state index contributed by atoms with van der Waals surface area (Å²) in [6.45, 7) is 0. The normalized spacial score (nSPS) is 10.7. The number of hydrogen-bond acceptors (Lipinski definition) is 5. The van der Waals surface area contributed by atoms with Crippen LogP contribution in [0.3, 0.4) is 0 Å². The van der Waals surface area contributed by atoms with E-state index in [0.29, 0.717) is 10.6 Å². The molecule has 30 heavy (non-hydrogen) atoms. The number of non-ortho nitro benzene ring substituents is 1. The molecule has 0 unspecified atom stereocenters. The van der Waals surface area contributed by atoms with Gasteiger partial charge in [0.2, 0.25) is 11.3 Å². The molecule has 0 aliphatic heterocycles. The molecule has 4 aromatic rings. The number of benzene rings is 3. The van der Waals surface area contributed by atoms with E-state index < -0.39 is 10.8 Å². The first-order valence-electron chi connectivity index (χ1n) is 8.81. The van der Waals surface area contributed by atoms with Crippen LogP contribution in [-0.4, -0.2) is 10.8 Å². The van der Waals surface area contributed by atoms with E-state index in [1.54, 1.807) is 42.5 Å². The summed E-state index contributed by atoms with van der Waals surface area (Å²) < 4.78 is 5.84. The number of amides is 1. The highest BCUT2D eigenvalue weighted by Crippen LogP contribution is 2.30. The molecule has 0 atom stereocenters. The Morgan fingerprint density at radius 1 is 1.00 bits per heavy atom. The summed E-state index contributed by atoms with van der Waals surface area (Å²) in [7, 11) is 0. The number of fused-ring (bicyclic) bond motifs is 1. The van der Waals surface area contributed by atoms with E-state index in [-0.39, 0.29) is 39.1 Å². The summed E-state index contributed by atoms with van der Waals surface area (Å²) in [6.07, 6.45) is 0. The van der Waals surface area contributed by atoms with Gasteiger partial charge < -0.3 is 4.42 Å². The van der Waals surface area contributed by atoms with Crippen LogP contribution in [-0.2, 0) is 0 Å². The van der Waals surface area contributed by atoms with E-state index >= 15 is 0 Å². The maximum atomic E-state index is 13.2. The summed E-state index contributed by atoms with van der Waals surface area (Å²) in [5.74, 6) is -0.595. The van der Waals surface area contributed by atoms with Gasteiger partial charge in [-0.05, 0) is 35.9 Å². The van der Waals surface area contributed by atoms with Crippen LogP contribution >= 0.6 is 11.6 Å². The zero-order valence-electron chi connectivity index (χ0n) is 15.3. The van der Waals surface area contributed by atoms with E-state index in [1.807, 2.05) is 0 Å². The fraction of sp³-hybridized carbons (Fsp3) is 0. The predicted molar refractivity (Wildman–Crippen MR) is 114 cm³/mol. The lowest BCUT2D eigenvalue weighted by atomic mass is 10.0. The maximum absolute atomic E-state index is 13.2. The Bertz CT molecular complexity index is 1330. The van der Waals surface area contributed by atoms with E-state index in [1.165, 1.54) is 30.3 Å². The SMILES string of the molecule is O=C(Nc1oc2ccc(Cl)cc2c(=O)c1-c1ccccc1)c1ccc([N+](=O)[O-])cc1. The lowest BCUT2D eigenvalue weighted by molar-refractivity contribution is -0.384. The largest absolute Gasteiger partial charge is 0.439 e. The summed E-state index contributed by atoms with van der Waals surface area (Å²) in [6, 6.07) is 18.5. The van der Waals surface area contributed by atoms with Gasteiger partial charge in [0.05, 0.1) is 15.9 Å². The van der Waals surface area contributed by atoms with Crippen LogP contribution in [0, 0.1) is 10.1 Å². The minimum atomic E-state index is -0.571. The smallest absolute Gasteiger partial charge is 0.269 e. The van der Waals surface area contributed by atoms with Gasteiger partial charge in [-0.15, -0.1) is 0 Å². The molecule has 0 fully saturated rings. The molecule has 0 radical (unpaired) electrons. The molecule has 4 rings (SSSR count). The second-order valence-corrected chi connectivity index (χ2v) is 6.84. The van der Waals surface area contributed by atoms with Crippen molar-refractivity contribution >= 4 is 40.0 Å². The van der Waals surface area contributed by atoms with Gasteiger partial charge in [-0.1, -0.05) is 41.9 Å². The average Bonchev–Trinajstić information content (AvgIpc) is 2.75. The molecule has 0 aliphatic rings. The standard InChI is InChI=1S/C22H13ClN2O5/c23-15-8-11-18-17(12-15)20(26)19(13-4-2-1-3-5-13)22(30-18)24-21(27)14-6-9-16(10-7-14)25(28)29/h1-12H,(H,24,27). The number of hydrogen-bond donors (Lipinski definition) is 1. The Labute approximate surface area is 174 Å². The van der Waals surface area contributed by atoms with Gasteiger partial charge in [0.1, 0.15) is 5.58 Å². The Hall–Kier alpha value is -3.97. The fourth-order valence-electron chi connectivity index (χ4n) is 3.03. The number of carbonyl (C=O) groups excluding carboxylic acids is 1. The molecule has 0 saturated heterocycles. The zero-order valence-corrected chi connectivity index (χ0v) is 16.1. The number of nitro groups is 1. The monoisotopic (exact) mass is 420 g/mol. The number of rotatable bonds is 4. The first-order valence-corrected chi connectivity index (χ1v) is 9.19. The predicted octanol–water partition coefficient (Wildman–Crippen LogP) is 5.27. The second-order valence-electron chi connectivity index (χ2n) is 6.40. The van der Waals surface area contributed by atoms with Crippen LogP contribution in [0.1, 0.15) is 10.4 Å². The number of nitro benzene ring substituents is 1. The highest BCUT2D eigenvalue weighted by atomic mass is 35.5. The summed E-state index contributed by atoms with van der Waals surface area (Å²) >= 11 is 6.03. The molecule has 0 aliphatic carbocycles. The minimum absolute atomic E-state index is 0.0237. The quantitative estimate of drug-likeness (QED) is 0.357. The highest BCUT2D eigenvalue weighted by molar-refractivity contribution is 6.31. The van der Waals surface area contributed by atoms with Crippen LogP contribution in [0.4, 0.5) is 11.6 Å². The van der Waals surface area contributed by atoms with Crippen molar-refractivity contribution in [2.75, 3.05) is 5.32 Å². The van der Waals surface area contributed by atoms with Crippen LogP contribution < -0.4 is 10.7 Å². The number of nitrogens with one attached hydrogen (secondary N) is 1. The molecular weight excluding hydrogens is 408 g/mol. The Kier molecular flexibility index (Phi) is 5.04. The molecule has 8 heteroatoms. The first-order chi connectivity index (χ1) is 14.4. The van der Waals surface area contributed by atoms with Crippen molar-refractivity contribution in [2.45, 2.75) is 0 Å². The van der Waals surface area contributed by atoms with Gasteiger partial charge in [0.15, 0.2) is 0 Å². The number of anilines is 1. The van der Waals surface area contributed by atoms with Crippen molar-refractivity contribution in [3.05, 3.63) is 104 Å². The molecular formula is C22H13ClN2O5. The average molecular weight is 421 g/mol. The Morgan fingerprint density at radius 3 is 2.37 bits per heavy atom. The van der Waals surface area contributed by atoms with Gasteiger partial charge in [-0.25, -0.2) is 0 Å². The lowest BCUT2D eigenvalue weighted by Gasteiger charge is -2.11. The second kappa shape index (κ2) is 7.81. The van der Waals surface area contributed by atoms with Crippen molar-refractivity contribution in [3.8, 4) is 11.1 Å². The van der Waals surface area contributed by atoms with Gasteiger partial charge >= 0.3 is 0 Å². The van der Waals surface area contributed by atoms with Crippen LogP contribution in [0.5, 0.6) is 0 Å². The van der Waals surface area contributed by atoms with Gasteiger partial charge in [-0.2, -0.15) is 0 Å². The molecule has 0 spiro atoms. The molecule has 0 bridgehead atoms. The molecule has 7 nitrogen and oxygen atoms in total. The van der Waals surface area contributed by atoms with E-state index in [2.05, 4.69) is 5.32 Å². The van der Waals surface area contributed by atoms with Gasteiger partial charge in [0.25, 0.3) is 11.6 Å². The molecule has 1 aromatic heterocycles. The zero-order chi connectivity index (χ0) is 21.3. The molecule has 1 N–H and O–H groups in total. The Balaban J connectivity index is 1.83. The van der Waals surface area contributed by atoms with E-state index in [9.17, 15) is 19.7 Å². The number of nitrogens with zero attached hydrogens (tertiary/aromatic N) is 1. The van der Waals surface area contributed by atoms with Crippen molar-refractivity contribution in [1.82, 2.24) is 0 Å². The summed E-state index contributed by atoms with van der Waals surface area (Å²) in [4.78, 5) is 36.2. The number of carbonyl (C=O) groups is 1. The van der Waals surface area contributed by atoms with E-state index in [4.69, 9.17) is 16.0 Å². The minimum Gasteiger partial charge on any atom is -0.439 e. The van der Waals surface area contributed by atoms with Crippen LogP contribution in [0.2, 0.25) is 5.02 Å². The summed E-state index contributed by atoms with van der Waals surface area (Å²) in [5.41, 5.74) is 0.712. The van der Waals surface area contributed by atoms with E-state index in [0.717, 1.165) is 0 Å². The molecule has 0 saturated carbocycles. The molecule has 1 amide bonds. The van der Waals surface area contributed by atoms with Crippen molar-refractivity contribution in [1.29, 1.82) is 0 Å². The number of halogens is 1. The van der Waals surface area contributed by atoms with Gasteiger partial charge in [0, 0.05) is 22.7 Å². The highest BCUT2D eigenvalue weighted by Gasteiger charge is 2.19. The molecule has 1 heterocycles. The Morgan fingerprint density at radius 2 is 1.70 bits per heavy atom. The third-order valence-corrected chi connectivity index (χ3v) is 4.72. The first kappa shape index (κ1) is 19.4. The maximum Gasteiger partial charge on any atom is 0.269 e. The fourth-order valence-corrected chi connectivity index (χ4v) is 3.20. The third kappa shape index (κ3) is 3.66. The third-order valence-electron chi connectivity index (χ3n) is 4.48. The van der Waals surface area contributed by atoms with Gasteiger partial charge in [-0.3, -0.25) is 25.0 Å². The van der Waals surface area contributed by atoms with Crippen LogP contribution in [0.15, 0.2) is 82.0 Å². The summed E-state index contributed by atoms with van der Waals surface area (Å²) in [5, 5.41) is 14.1. The van der Waals surface area contributed by atoms with Crippen molar-refractivity contribution in [3.63, 3.8) is 0 Å². The lowest BCUT2D eigenvalue weighted by Crippen LogP contribution is -2.16. The molecule has 148 valence electrons. The van der Waals surface area contributed by atoms with Crippen LogP contribution in [0.25, 0.3) is 22.1 Å². The molecule has 3 aromatic carbocycles. The van der Waals surface area contributed by atoms with Crippen molar-refractivity contribution < 1.29 is 14.1 Å².